The zero-order valence-corrected chi connectivity index (χ0v) is 9.67. The molecule has 1 aromatic heterocycles. The van der Waals surface area contributed by atoms with E-state index in [0.29, 0.717) is 17.3 Å². The summed E-state index contributed by atoms with van der Waals surface area (Å²) in [5.74, 6) is 0.782. The Morgan fingerprint density at radius 2 is 2.47 bits per heavy atom. The molecule has 1 aliphatic heterocycles. The van der Waals surface area contributed by atoms with Crippen LogP contribution < -0.4 is 5.73 Å². The summed E-state index contributed by atoms with van der Waals surface area (Å²) in [4.78, 5) is 17.8. The van der Waals surface area contributed by atoms with Gasteiger partial charge in [0.1, 0.15) is 5.82 Å². The molecule has 0 spiro atoms. The van der Waals surface area contributed by atoms with E-state index in [2.05, 4.69) is 4.98 Å². The molecule has 1 atom stereocenters. The van der Waals surface area contributed by atoms with Gasteiger partial charge in [-0.15, -0.1) is 0 Å². The quantitative estimate of drug-likeness (QED) is 0.800. The number of anilines is 1. The number of nitrogens with two attached hydrogens (primary N) is 1. The number of carbonyl (C=O) groups is 1. The zero-order chi connectivity index (χ0) is 12.3. The summed E-state index contributed by atoms with van der Waals surface area (Å²) in [5.41, 5.74) is 6.14. The van der Waals surface area contributed by atoms with Crippen molar-refractivity contribution in [1.29, 1.82) is 0 Å². The van der Waals surface area contributed by atoms with E-state index in [1.54, 1.807) is 18.3 Å². The summed E-state index contributed by atoms with van der Waals surface area (Å²) < 4.78 is 0. The molecule has 0 aromatic carbocycles. The zero-order valence-electron chi connectivity index (χ0n) is 9.67. The number of carbonyl (C=O) groups excluding carboxylic acids is 1. The van der Waals surface area contributed by atoms with Crippen molar-refractivity contribution in [1.82, 2.24) is 9.88 Å². The number of aliphatic hydroxyl groups excluding tert-OH is 1. The van der Waals surface area contributed by atoms with Gasteiger partial charge in [0.15, 0.2) is 0 Å². The van der Waals surface area contributed by atoms with Crippen molar-refractivity contribution in [3.05, 3.63) is 23.9 Å². The second-order valence-corrected chi connectivity index (χ2v) is 4.39. The molecule has 1 aliphatic rings. The van der Waals surface area contributed by atoms with E-state index in [9.17, 15) is 4.79 Å². The predicted octanol–water partition coefficient (Wildman–Crippen LogP) is 0.508. The highest BCUT2D eigenvalue weighted by Crippen LogP contribution is 2.21. The average molecular weight is 235 g/mol. The minimum Gasteiger partial charge on any atom is -0.396 e. The molecule has 3 N–H and O–H groups in total. The predicted molar refractivity (Wildman–Crippen MR) is 64.4 cm³/mol. The average Bonchev–Trinajstić information content (AvgIpc) is 2.77. The standard InChI is InChI=1S/C12H17N3O2/c13-11-7-10(1-4-14-11)12(17)15-5-2-9(8-15)3-6-16/h1,4,7,9,16H,2-3,5-6,8H2,(H2,13,14). The van der Waals surface area contributed by atoms with Crippen molar-refractivity contribution < 1.29 is 9.90 Å². The van der Waals surface area contributed by atoms with Gasteiger partial charge in [-0.1, -0.05) is 0 Å². The molecule has 0 aliphatic carbocycles. The second kappa shape index (κ2) is 5.14. The van der Waals surface area contributed by atoms with Crippen LogP contribution in [-0.2, 0) is 0 Å². The van der Waals surface area contributed by atoms with Crippen molar-refractivity contribution in [2.45, 2.75) is 12.8 Å². The van der Waals surface area contributed by atoms with Crippen LogP contribution in [0.5, 0.6) is 0 Å². The van der Waals surface area contributed by atoms with Crippen LogP contribution in [0.1, 0.15) is 23.2 Å². The molecular weight excluding hydrogens is 218 g/mol. The lowest BCUT2D eigenvalue weighted by atomic mass is 10.1. The van der Waals surface area contributed by atoms with Crippen molar-refractivity contribution in [3.8, 4) is 0 Å². The largest absolute Gasteiger partial charge is 0.396 e. The van der Waals surface area contributed by atoms with Gasteiger partial charge in [-0.3, -0.25) is 4.79 Å². The van der Waals surface area contributed by atoms with E-state index in [0.717, 1.165) is 25.9 Å². The summed E-state index contributed by atoms with van der Waals surface area (Å²) >= 11 is 0. The Labute approximate surface area is 100 Å². The summed E-state index contributed by atoms with van der Waals surface area (Å²) in [6, 6.07) is 3.28. The lowest BCUT2D eigenvalue weighted by Crippen LogP contribution is -2.28. The van der Waals surface area contributed by atoms with Gasteiger partial charge in [0, 0.05) is 31.5 Å². The van der Waals surface area contributed by atoms with Crippen molar-refractivity contribution in [2.75, 3.05) is 25.4 Å². The first-order valence-corrected chi connectivity index (χ1v) is 5.82. The minimum atomic E-state index is -0.000426. The van der Waals surface area contributed by atoms with E-state index in [-0.39, 0.29) is 12.5 Å². The monoisotopic (exact) mass is 235 g/mol. The van der Waals surface area contributed by atoms with E-state index >= 15 is 0 Å². The molecule has 2 heterocycles. The van der Waals surface area contributed by atoms with E-state index in [1.165, 1.54) is 0 Å². The van der Waals surface area contributed by atoms with Gasteiger partial charge in [0.05, 0.1) is 0 Å². The number of hydrogen-bond donors (Lipinski definition) is 2. The van der Waals surface area contributed by atoms with Crippen LogP contribution in [0.3, 0.4) is 0 Å². The Morgan fingerprint density at radius 1 is 1.65 bits per heavy atom. The maximum atomic E-state index is 12.1. The van der Waals surface area contributed by atoms with Crippen molar-refractivity contribution in [3.63, 3.8) is 0 Å². The molecule has 0 saturated carbocycles. The van der Waals surface area contributed by atoms with E-state index in [1.807, 2.05) is 4.90 Å². The lowest BCUT2D eigenvalue weighted by Gasteiger charge is -2.16. The van der Waals surface area contributed by atoms with Gasteiger partial charge in [-0.25, -0.2) is 4.98 Å². The maximum absolute atomic E-state index is 12.1. The Balaban J connectivity index is 2.02. The lowest BCUT2D eigenvalue weighted by molar-refractivity contribution is 0.0784. The Kier molecular flexibility index (Phi) is 3.58. The van der Waals surface area contributed by atoms with Gasteiger partial charge in [-0.05, 0) is 30.9 Å². The van der Waals surface area contributed by atoms with Crippen molar-refractivity contribution >= 4 is 11.7 Å². The Morgan fingerprint density at radius 3 is 3.18 bits per heavy atom. The highest BCUT2D eigenvalue weighted by molar-refractivity contribution is 5.94. The first-order valence-electron chi connectivity index (χ1n) is 5.82. The number of likely N-dealkylation sites (tertiary alicyclic amines) is 1. The van der Waals surface area contributed by atoms with Crippen LogP contribution in [0.25, 0.3) is 0 Å². The van der Waals surface area contributed by atoms with Gasteiger partial charge < -0.3 is 15.7 Å². The number of nitrogens with zero attached hydrogens (tertiary/aromatic N) is 2. The fourth-order valence-electron chi connectivity index (χ4n) is 2.20. The number of rotatable bonds is 3. The molecule has 5 nitrogen and oxygen atoms in total. The van der Waals surface area contributed by atoms with Gasteiger partial charge in [0.25, 0.3) is 5.91 Å². The normalized spacial score (nSPS) is 19.6. The highest BCUT2D eigenvalue weighted by atomic mass is 16.3. The molecule has 5 heteroatoms. The number of aliphatic hydroxyl groups is 1. The van der Waals surface area contributed by atoms with E-state index < -0.39 is 0 Å². The fourth-order valence-corrected chi connectivity index (χ4v) is 2.20. The van der Waals surface area contributed by atoms with Crippen LogP contribution in [0.2, 0.25) is 0 Å². The number of hydrogen-bond acceptors (Lipinski definition) is 4. The molecule has 2 rings (SSSR count). The van der Waals surface area contributed by atoms with Crippen LogP contribution in [0.15, 0.2) is 18.3 Å². The molecule has 1 unspecified atom stereocenters. The SMILES string of the molecule is Nc1cc(C(=O)N2CCC(CCO)C2)ccn1. The molecule has 1 fully saturated rings. The van der Waals surface area contributed by atoms with Crippen LogP contribution >= 0.6 is 0 Å². The summed E-state index contributed by atoms with van der Waals surface area (Å²) in [5, 5.41) is 8.88. The molecular formula is C12H17N3O2. The van der Waals surface area contributed by atoms with Crippen LogP contribution in [-0.4, -0.2) is 40.6 Å². The topological polar surface area (TPSA) is 79.5 Å². The summed E-state index contributed by atoms with van der Waals surface area (Å²) in [6.07, 6.45) is 3.28. The van der Waals surface area contributed by atoms with E-state index in [4.69, 9.17) is 10.8 Å². The van der Waals surface area contributed by atoms with Gasteiger partial charge in [0.2, 0.25) is 0 Å². The molecule has 0 radical (unpaired) electrons. The first-order chi connectivity index (χ1) is 8.20. The third-order valence-corrected chi connectivity index (χ3v) is 3.14. The molecule has 1 saturated heterocycles. The van der Waals surface area contributed by atoms with Gasteiger partial charge in [-0.2, -0.15) is 0 Å². The van der Waals surface area contributed by atoms with Crippen LogP contribution in [0.4, 0.5) is 5.82 Å². The summed E-state index contributed by atoms with van der Waals surface area (Å²) in [6.45, 7) is 1.67. The fraction of sp³-hybridized carbons (Fsp3) is 0.500. The van der Waals surface area contributed by atoms with Crippen LogP contribution in [0, 0.1) is 5.92 Å². The maximum Gasteiger partial charge on any atom is 0.254 e. The number of aromatic nitrogens is 1. The third kappa shape index (κ3) is 2.74. The highest BCUT2D eigenvalue weighted by Gasteiger charge is 2.26. The second-order valence-electron chi connectivity index (χ2n) is 4.39. The molecule has 1 aromatic rings. The smallest absolute Gasteiger partial charge is 0.254 e. The first kappa shape index (κ1) is 11.9. The summed E-state index contributed by atoms with van der Waals surface area (Å²) in [7, 11) is 0. The number of pyridine rings is 1. The third-order valence-electron chi connectivity index (χ3n) is 3.14. The number of amides is 1. The molecule has 0 bridgehead atoms. The van der Waals surface area contributed by atoms with Crippen molar-refractivity contribution in [2.24, 2.45) is 5.92 Å². The number of nitrogen functional groups attached to an aromatic ring is 1. The van der Waals surface area contributed by atoms with Gasteiger partial charge >= 0.3 is 0 Å². The Hall–Kier alpha value is -1.62. The Bertz CT molecular complexity index is 408. The molecule has 92 valence electrons. The minimum absolute atomic E-state index is 0.000426. The molecule has 17 heavy (non-hydrogen) atoms. The molecule has 1 amide bonds.